The van der Waals surface area contributed by atoms with Gasteiger partial charge in [0.15, 0.2) is 0 Å². The fourth-order valence-corrected chi connectivity index (χ4v) is 2.65. The van der Waals surface area contributed by atoms with Gasteiger partial charge in [-0.15, -0.1) is 0 Å². The van der Waals surface area contributed by atoms with Gasteiger partial charge in [0.2, 0.25) is 5.91 Å². The van der Waals surface area contributed by atoms with Gasteiger partial charge >= 0.3 is 0 Å². The molecule has 2 rings (SSSR count). The van der Waals surface area contributed by atoms with Crippen molar-refractivity contribution in [1.82, 2.24) is 10.2 Å². The van der Waals surface area contributed by atoms with E-state index in [2.05, 4.69) is 19.2 Å². The Morgan fingerprint density at radius 3 is 2.86 bits per heavy atom. The summed E-state index contributed by atoms with van der Waals surface area (Å²) in [6.07, 6.45) is -0.131. The Labute approximate surface area is 131 Å². The first-order valence-corrected chi connectivity index (χ1v) is 7.76. The predicted octanol–water partition coefficient (Wildman–Crippen LogP) is 2.83. The average Bonchev–Trinajstić information content (AvgIpc) is 2.71. The fraction of sp³-hybridized carbons (Fsp3) is 0.562. The molecule has 0 aliphatic carbocycles. The van der Waals surface area contributed by atoms with E-state index in [0.29, 0.717) is 30.7 Å². The third-order valence-electron chi connectivity index (χ3n) is 3.47. The molecule has 1 aliphatic heterocycles. The number of hydrogen-bond acceptors (Lipinski definition) is 3. The van der Waals surface area contributed by atoms with Crippen LogP contribution < -0.4 is 5.32 Å². The summed E-state index contributed by atoms with van der Waals surface area (Å²) < 4.78 is 5.60. The molecule has 116 valence electrons. The van der Waals surface area contributed by atoms with E-state index in [9.17, 15) is 4.79 Å². The number of carbonyl (C=O) groups is 1. The Hall–Kier alpha value is -1.10. The largest absolute Gasteiger partial charge is 0.379 e. The summed E-state index contributed by atoms with van der Waals surface area (Å²) in [6, 6.07) is 7.43. The molecular formula is C16H23ClN2O2. The van der Waals surface area contributed by atoms with Crippen LogP contribution in [0.3, 0.4) is 0 Å². The van der Waals surface area contributed by atoms with Crippen LogP contribution in [0.5, 0.6) is 0 Å². The second-order valence-corrected chi connectivity index (χ2v) is 6.28. The standard InChI is InChI=1S/C16H23ClN2O2/c1-11(2)10-21-8-7-19-15(18-12(3)16(19)20)13-5-4-6-14(17)9-13/h4-6,9,11-12,15,18H,7-8,10H2,1-3H3. The maximum atomic E-state index is 12.3. The quantitative estimate of drug-likeness (QED) is 0.822. The third kappa shape index (κ3) is 4.19. The lowest BCUT2D eigenvalue weighted by atomic mass is 10.1. The molecule has 1 amide bonds. The molecule has 1 saturated heterocycles. The number of nitrogens with one attached hydrogen (secondary N) is 1. The minimum atomic E-state index is -0.181. The summed E-state index contributed by atoms with van der Waals surface area (Å²) in [4.78, 5) is 14.1. The van der Waals surface area contributed by atoms with Crippen LogP contribution in [-0.2, 0) is 9.53 Å². The predicted molar refractivity (Wildman–Crippen MR) is 84.2 cm³/mol. The summed E-state index contributed by atoms with van der Waals surface area (Å²) >= 11 is 6.05. The van der Waals surface area contributed by atoms with Crippen LogP contribution in [0.2, 0.25) is 5.02 Å². The van der Waals surface area contributed by atoms with Crippen LogP contribution in [0.15, 0.2) is 24.3 Å². The van der Waals surface area contributed by atoms with Crippen molar-refractivity contribution in [3.05, 3.63) is 34.9 Å². The van der Waals surface area contributed by atoms with Crippen LogP contribution in [0.1, 0.15) is 32.5 Å². The second-order valence-electron chi connectivity index (χ2n) is 5.85. The summed E-state index contributed by atoms with van der Waals surface area (Å²) in [5.74, 6) is 0.605. The lowest BCUT2D eigenvalue weighted by Crippen LogP contribution is -2.33. The van der Waals surface area contributed by atoms with Crippen LogP contribution in [0.4, 0.5) is 0 Å². The van der Waals surface area contributed by atoms with Gasteiger partial charge in [0.1, 0.15) is 6.17 Å². The average molecular weight is 311 g/mol. The van der Waals surface area contributed by atoms with Gasteiger partial charge in [0, 0.05) is 18.2 Å². The molecule has 0 aromatic heterocycles. The number of amides is 1. The monoisotopic (exact) mass is 310 g/mol. The van der Waals surface area contributed by atoms with Gasteiger partial charge in [-0.3, -0.25) is 10.1 Å². The molecule has 2 unspecified atom stereocenters. The van der Waals surface area contributed by atoms with Gasteiger partial charge in [0.25, 0.3) is 0 Å². The van der Waals surface area contributed by atoms with Crippen molar-refractivity contribution in [3.8, 4) is 0 Å². The molecule has 0 saturated carbocycles. The molecule has 21 heavy (non-hydrogen) atoms. The van der Waals surface area contributed by atoms with Crippen LogP contribution in [0, 0.1) is 5.92 Å². The maximum absolute atomic E-state index is 12.3. The van der Waals surface area contributed by atoms with Crippen LogP contribution >= 0.6 is 11.6 Å². The molecule has 1 heterocycles. The van der Waals surface area contributed by atoms with Crippen LogP contribution in [-0.4, -0.2) is 36.6 Å². The lowest BCUT2D eigenvalue weighted by Gasteiger charge is -2.24. The third-order valence-corrected chi connectivity index (χ3v) is 3.70. The van der Waals surface area contributed by atoms with E-state index >= 15 is 0 Å². The molecule has 4 nitrogen and oxygen atoms in total. The number of halogens is 1. The highest BCUT2D eigenvalue weighted by atomic mass is 35.5. The molecule has 0 radical (unpaired) electrons. The lowest BCUT2D eigenvalue weighted by molar-refractivity contribution is -0.130. The van der Waals surface area contributed by atoms with Gasteiger partial charge in [0.05, 0.1) is 12.6 Å². The molecule has 0 bridgehead atoms. The highest BCUT2D eigenvalue weighted by Gasteiger charge is 2.36. The Morgan fingerprint density at radius 1 is 1.43 bits per heavy atom. The molecule has 1 aromatic carbocycles. The zero-order valence-corrected chi connectivity index (χ0v) is 13.6. The number of hydrogen-bond donors (Lipinski definition) is 1. The topological polar surface area (TPSA) is 41.6 Å². The maximum Gasteiger partial charge on any atom is 0.241 e. The van der Waals surface area contributed by atoms with E-state index in [4.69, 9.17) is 16.3 Å². The van der Waals surface area contributed by atoms with Gasteiger partial charge in [-0.2, -0.15) is 0 Å². The normalized spacial score (nSPS) is 22.3. The number of ether oxygens (including phenoxy) is 1. The first-order chi connectivity index (χ1) is 9.99. The zero-order valence-electron chi connectivity index (χ0n) is 12.8. The van der Waals surface area contributed by atoms with Gasteiger partial charge in [-0.05, 0) is 30.5 Å². The number of nitrogens with zero attached hydrogens (tertiary/aromatic N) is 1. The van der Waals surface area contributed by atoms with Gasteiger partial charge in [-0.25, -0.2) is 0 Å². The highest BCUT2D eigenvalue weighted by Crippen LogP contribution is 2.26. The molecule has 5 heteroatoms. The first kappa shape index (κ1) is 16.3. The zero-order chi connectivity index (χ0) is 15.4. The van der Waals surface area contributed by atoms with E-state index in [0.717, 1.165) is 5.56 Å². The first-order valence-electron chi connectivity index (χ1n) is 7.38. The van der Waals surface area contributed by atoms with Crippen LogP contribution in [0.25, 0.3) is 0 Å². The Kier molecular flexibility index (Phi) is 5.62. The summed E-state index contributed by atoms with van der Waals surface area (Å²) in [5.41, 5.74) is 1.00. The molecule has 1 fully saturated rings. The van der Waals surface area contributed by atoms with Gasteiger partial charge in [-0.1, -0.05) is 37.6 Å². The fourth-order valence-electron chi connectivity index (χ4n) is 2.45. The van der Waals surface area contributed by atoms with E-state index < -0.39 is 0 Å². The SMILES string of the molecule is CC(C)COCCN1C(=O)C(C)NC1c1cccc(Cl)c1. The van der Waals surface area contributed by atoms with E-state index in [1.54, 1.807) is 0 Å². The molecule has 1 N–H and O–H groups in total. The molecule has 0 spiro atoms. The number of benzene rings is 1. The van der Waals surface area contributed by atoms with Crippen molar-refractivity contribution in [2.45, 2.75) is 33.0 Å². The van der Waals surface area contributed by atoms with E-state index in [-0.39, 0.29) is 18.1 Å². The Balaban J connectivity index is 2.03. The summed E-state index contributed by atoms with van der Waals surface area (Å²) in [6.45, 7) is 7.95. The molecule has 1 aliphatic rings. The minimum absolute atomic E-state index is 0.105. The van der Waals surface area contributed by atoms with Crippen molar-refractivity contribution in [3.63, 3.8) is 0 Å². The Bertz CT molecular complexity index is 493. The smallest absolute Gasteiger partial charge is 0.241 e. The van der Waals surface area contributed by atoms with E-state index in [1.165, 1.54) is 0 Å². The Morgan fingerprint density at radius 2 is 2.19 bits per heavy atom. The van der Waals surface area contributed by atoms with Crippen molar-refractivity contribution in [2.75, 3.05) is 19.8 Å². The molecule has 2 atom stereocenters. The molecular weight excluding hydrogens is 288 g/mol. The number of rotatable bonds is 6. The summed E-state index contributed by atoms with van der Waals surface area (Å²) in [7, 11) is 0. The van der Waals surface area contributed by atoms with Crippen molar-refractivity contribution in [1.29, 1.82) is 0 Å². The second kappa shape index (κ2) is 7.25. The van der Waals surface area contributed by atoms with E-state index in [1.807, 2.05) is 36.1 Å². The number of carbonyl (C=O) groups excluding carboxylic acids is 1. The van der Waals surface area contributed by atoms with Gasteiger partial charge < -0.3 is 9.64 Å². The van der Waals surface area contributed by atoms with Crippen molar-refractivity contribution < 1.29 is 9.53 Å². The summed E-state index contributed by atoms with van der Waals surface area (Å²) in [5, 5.41) is 3.99. The molecule has 1 aromatic rings. The van der Waals surface area contributed by atoms with Crippen molar-refractivity contribution in [2.24, 2.45) is 5.92 Å². The minimum Gasteiger partial charge on any atom is -0.379 e. The van der Waals surface area contributed by atoms with Crippen molar-refractivity contribution >= 4 is 17.5 Å². The highest BCUT2D eigenvalue weighted by molar-refractivity contribution is 6.30.